The fourth-order valence-corrected chi connectivity index (χ4v) is 3.92. The summed E-state index contributed by atoms with van der Waals surface area (Å²) in [5.74, 6) is 0.209. The van der Waals surface area contributed by atoms with E-state index in [1.807, 2.05) is 32.0 Å². The summed E-state index contributed by atoms with van der Waals surface area (Å²) in [6.45, 7) is 3.30. The van der Waals surface area contributed by atoms with E-state index >= 15 is 0 Å². The van der Waals surface area contributed by atoms with Gasteiger partial charge in [-0.3, -0.25) is 19.2 Å². The number of rotatable bonds is 9. The number of ether oxygens (including phenoxy) is 1. The number of aryl methyl sites for hydroxylation is 1. The molecular formula is C20H25N3O6S. The molecule has 0 aliphatic heterocycles. The van der Waals surface area contributed by atoms with Gasteiger partial charge in [-0.15, -0.1) is 0 Å². The third-order valence-corrected chi connectivity index (χ3v) is 5.72. The summed E-state index contributed by atoms with van der Waals surface area (Å²) in [4.78, 5) is 23.1. The maximum absolute atomic E-state index is 12.7. The van der Waals surface area contributed by atoms with E-state index in [9.17, 15) is 23.3 Å². The summed E-state index contributed by atoms with van der Waals surface area (Å²) in [5.41, 5.74) is 1.57. The second-order valence-electron chi connectivity index (χ2n) is 6.80. The molecule has 0 unspecified atom stereocenters. The number of methoxy groups -OCH3 is 1. The molecule has 1 amide bonds. The van der Waals surface area contributed by atoms with E-state index in [4.69, 9.17) is 4.74 Å². The molecule has 0 aliphatic rings. The molecule has 162 valence electrons. The summed E-state index contributed by atoms with van der Waals surface area (Å²) >= 11 is 0. The number of amides is 1. The van der Waals surface area contributed by atoms with Gasteiger partial charge in [-0.1, -0.05) is 25.1 Å². The smallest absolute Gasteiger partial charge is 0.271 e. The van der Waals surface area contributed by atoms with Crippen LogP contribution in [-0.2, 0) is 14.8 Å². The van der Waals surface area contributed by atoms with Crippen molar-refractivity contribution in [1.82, 2.24) is 5.32 Å². The minimum Gasteiger partial charge on any atom is -0.496 e. The molecule has 0 saturated heterocycles. The highest BCUT2D eigenvalue weighted by molar-refractivity contribution is 7.92. The Kier molecular flexibility index (Phi) is 7.38. The van der Waals surface area contributed by atoms with Crippen LogP contribution >= 0.6 is 0 Å². The van der Waals surface area contributed by atoms with Crippen molar-refractivity contribution >= 4 is 27.3 Å². The predicted molar refractivity (Wildman–Crippen MR) is 114 cm³/mol. The number of hydrogen-bond acceptors (Lipinski definition) is 6. The quantitative estimate of drug-likeness (QED) is 0.478. The average molecular weight is 436 g/mol. The minimum atomic E-state index is -3.84. The Morgan fingerprint density at radius 1 is 1.27 bits per heavy atom. The Morgan fingerprint density at radius 3 is 2.50 bits per heavy atom. The summed E-state index contributed by atoms with van der Waals surface area (Å²) in [5, 5.41) is 13.8. The Morgan fingerprint density at radius 2 is 1.97 bits per heavy atom. The SMILES string of the molecule is CC[C@H](NC(=O)CN(c1cccc([N+](=O)[O-])c1)S(C)(=O)=O)c1ccc(OC)c(C)c1. The fourth-order valence-electron chi connectivity index (χ4n) is 3.07. The van der Waals surface area contributed by atoms with Crippen molar-refractivity contribution in [2.24, 2.45) is 0 Å². The molecule has 2 rings (SSSR count). The van der Waals surface area contributed by atoms with Gasteiger partial charge in [-0.2, -0.15) is 0 Å². The summed E-state index contributed by atoms with van der Waals surface area (Å²) < 4.78 is 30.6. The zero-order valence-corrected chi connectivity index (χ0v) is 18.1. The van der Waals surface area contributed by atoms with Gasteiger partial charge in [0.25, 0.3) is 5.69 Å². The van der Waals surface area contributed by atoms with Gasteiger partial charge >= 0.3 is 0 Å². The number of sulfonamides is 1. The molecule has 1 atom stereocenters. The van der Waals surface area contributed by atoms with Gasteiger partial charge in [0.2, 0.25) is 15.9 Å². The Balaban J connectivity index is 2.24. The lowest BCUT2D eigenvalue weighted by Gasteiger charge is -2.24. The molecule has 2 aromatic carbocycles. The van der Waals surface area contributed by atoms with Crippen LogP contribution in [0.15, 0.2) is 42.5 Å². The summed E-state index contributed by atoms with van der Waals surface area (Å²) in [6, 6.07) is 10.4. The largest absolute Gasteiger partial charge is 0.496 e. The number of nitrogens with zero attached hydrogens (tertiary/aromatic N) is 2. The van der Waals surface area contributed by atoms with E-state index in [0.717, 1.165) is 33.5 Å². The van der Waals surface area contributed by atoms with Gasteiger partial charge < -0.3 is 10.1 Å². The molecule has 1 N–H and O–H groups in total. The van der Waals surface area contributed by atoms with Gasteiger partial charge in [0.1, 0.15) is 12.3 Å². The average Bonchev–Trinajstić information content (AvgIpc) is 2.69. The van der Waals surface area contributed by atoms with Crippen LogP contribution in [0.25, 0.3) is 0 Å². The van der Waals surface area contributed by atoms with Crippen LogP contribution < -0.4 is 14.4 Å². The van der Waals surface area contributed by atoms with Crippen molar-refractivity contribution in [3.8, 4) is 5.75 Å². The van der Waals surface area contributed by atoms with E-state index in [1.165, 1.54) is 18.2 Å². The summed E-state index contributed by atoms with van der Waals surface area (Å²) in [6.07, 6.45) is 1.54. The third-order valence-electron chi connectivity index (χ3n) is 4.58. The first-order valence-corrected chi connectivity index (χ1v) is 11.1. The highest BCUT2D eigenvalue weighted by Crippen LogP contribution is 2.25. The molecule has 0 aromatic heterocycles. The molecular weight excluding hydrogens is 410 g/mol. The topological polar surface area (TPSA) is 119 Å². The highest BCUT2D eigenvalue weighted by atomic mass is 32.2. The van der Waals surface area contributed by atoms with Gasteiger partial charge in [-0.05, 0) is 36.6 Å². The van der Waals surface area contributed by atoms with E-state index in [2.05, 4.69) is 5.32 Å². The molecule has 0 radical (unpaired) electrons. The molecule has 0 aliphatic carbocycles. The summed E-state index contributed by atoms with van der Waals surface area (Å²) in [7, 11) is -2.27. The predicted octanol–water partition coefficient (Wildman–Crippen LogP) is 2.95. The molecule has 0 saturated carbocycles. The lowest BCUT2D eigenvalue weighted by Crippen LogP contribution is -2.41. The van der Waals surface area contributed by atoms with Gasteiger partial charge in [0, 0.05) is 12.1 Å². The van der Waals surface area contributed by atoms with Gasteiger partial charge in [0.15, 0.2) is 0 Å². The van der Waals surface area contributed by atoms with Crippen molar-refractivity contribution in [3.05, 3.63) is 63.7 Å². The van der Waals surface area contributed by atoms with Crippen LogP contribution in [0.4, 0.5) is 11.4 Å². The maximum Gasteiger partial charge on any atom is 0.271 e. The van der Waals surface area contributed by atoms with Crippen molar-refractivity contribution < 1.29 is 22.9 Å². The van der Waals surface area contributed by atoms with E-state index < -0.39 is 27.4 Å². The molecule has 10 heteroatoms. The lowest BCUT2D eigenvalue weighted by molar-refractivity contribution is -0.384. The van der Waals surface area contributed by atoms with E-state index in [1.54, 1.807) is 7.11 Å². The molecule has 30 heavy (non-hydrogen) atoms. The Labute approximate surface area is 175 Å². The number of anilines is 1. The molecule has 0 bridgehead atoms. The third kappa shape index (κ3) is 5.69. The second kappa shape index (κ2) is 9.57. The van der Waals surface area contributed by atoms with Crippen LogP contribution in [-0.4, -0.2) is 39.2 Å². The van der Waals surface area contributed by atoms with Crippen LogP contribution in [0, 0.1) is 17.0 Å². The zero-order chi connectivity index (χ0) is 22.5. The molecule has 0 heterocycles. The first-order chi connectivity index (χ1) is 14.1. The standard InChI is InChI=1S/C20H25N3O6S/c1-5-18(15-9-10-19(29-3)14(2)11-15)21-20(24)13-22(30(4,27)28)16-7-6-8-17(12-16)23(25)26/h6-12,18H,5,13H2,1-4H3,(H,21,24)/t18-/m0/s1. The van der Waals surface area contributed by atoms with Crippen molar-refractivity contribution in [1.29, 1.82) is 0 Å². The molecule has 9 nitrogen and oxygen atoms in total. The van der Waals surface area contributed by atoms with E-state index in [-0.39, 0.29) is 17.4 Å². The normalized spacial score (nSPS) is 12.1. The van der Waals surface area contributed by atoms with Crippen LogP contribution in [0.3, 0.4) is 0 Å². The van der Waals surface area contributed by atoms with Crippen molar-refractivity contribution in [2.45, 2.75) is 26.3 Å². The number of hydrogen-bond donors (Lipinski definition) is 1. The lowest BCUT2D eigenvalue weighted by atomic mass is 10.0. The molecule has 0 fully saturated rings. The number of carbonyl (C=O) groups excluding carboxylic acids is 1. The van der Waals surface area contributed by atoms with E-state index in [0.29, 0.717) is 6.42 Å². The first kappa shape index (κ1) is 23.1. The Bertz CT molecular complexity index is 1040. The number of carbonyl (C=O) groups is 1. The number of nitrogens with one attached hydrogen (secondary N) is 1. The van der Waals surface area contributed by atoms with Crippen LogP contribution in [0.1, 0.15) is 30.5 Å². The van der Waals surface area contributed by atoms with Crippen LogP contribution in [0.5, 0.6) is 5.75 Å². The minimum absolute atomic E-state index is 0.0511. The maximum atomic E-state index is 12.7. The zero-order valence-electron chi connectivity index (χ0n) is 17.3. The van der Waals surface area contributed by atoms with Crippen molar-refractivity contribution in [2.75, 3.05) is 24.2 Å². The highest BCUT2D eigenvalue weighted by Gasteiger charge is 2.24. The number of nitro benzene ring substituents is 1. The van der Waals surface area contributed by atoms with Gasteiger partial charge in [0.05, 0.1) is 30.0 Å². The number of benzene rings is 2. The first-order valence-electron chi connectivity index (χ1n) is 9.22. The molecule has 2 aromatic rings. The second-order valence-corrected chi connectivity index (χ2v) is 8.71. The van der Waals surface area contributed by atoms with Crippen molar-refractivity contribution in [3.63, 3.8) is 0 Å². The fraction of sp³-hybridized carbons (Fsp3) is 0.350. The Hall–Kier alpha value is -3.14. The van der Waals surface area contributed by atoms with Gasteiger partial charge in [-0.25, -0.2) is 8.42 Å². The number of nitro groups is 1. The number of non-ortho nitro benzene ring substituents is 1. The molecule has 0 spiro atoms. The monoisotopic (exact) mass is 435 g/mol. The van der Waals surface area contributed by atoms with Crippen LogP contribution in [0.2, 0.25) is 0 Å².